The van der Waals surface area contributed by atoms with E-state index in [1.165, 1.54) is 25.8 Å². The van der Waals surface area contributed by atoms with E-state index in [1.807, 2.05) is 13.0 Å². The number of nitrogens with two attached hydrogens (primary N) is 1. The van der Waals surface area contributed by atoms with Gasteiger partial charge in [0, 0.05) is 30.9 Å². The van der Waals surface area contributed by atoms with E-state index >= 15 is 0 Å². The van der Waals surface area contributed by atoms with Crippen LogP contribution < -0.4 is 16.2 Å². The van der Waals surface area contributed by atoms with Crippen LogP contribution in [-0.4, -0.2) is 47.6 Å². The zero-order valence-electron chi connectivity index (χ0n) is 12.3. The van der Waals surface area contributed by atoms with Crippen molar-refractivity contribution in [2.75, 3.05) is 37.0 Å². The lowest BCUT2D eigenvalue weighted by Gasteiger charge is -2.46. The molecule has 0 amide bonds. The molecule has 0 radical (unpaired) electrons. The highest BCUT2D eigenvalue weighted by Gasteiger charge is 2.34. The maximum absolute atomic E-state index is 5.44. The molecule has 2 saturated heterocycles. The van der Waals surface area contributed by atoms with Gasteiger partial charge in [0.15, 0.2) is 0 Å². The van der Waals surface area contributed by atoms with Crippen LogP contribution in [0.15, 0.2) is 6.07 Å². The predicted octanol–water partition coefficient (Wildman–Crippen LogP) is 0.991. The fraction of sp³-hybridized carbons (Fsp3) is 0.714. The van der Waals surface area contributed by atoms with E-state index in [-0.39, 0.29) is 0 Å². The molecule has 0 aromatic carbocycles. The zero-order chi connectivity index (χ0) is 14.1. The Morgan fingerprint density at radius 2 is 2.15 bits per heavy atom. The van der Waals surface area contributed by atoms with Crippen LogP contribution in [0.25, 0.3) is 0 Å². The highest BCUT2D eigenvalue weighted by Crippen LogP contribution is 2.31. The van der Waals surface area contributed by atoms with E-state index in [1.54, 1.807) is 0 Å². The molecule has 3 heterocycles. The topological polar surface area (TPSA) is 70.3 Å². The smallest absolute Gasteiger partial charge is 0.239 e. The summed E-state index contributed by atoms with van der Waals surface area (Å²) in [6, 6.07) is 2.79. The summed E-state index contributed by atoms with van der Waals surface area (Å²) in [6.07, 6.45) is 3.86. The number of aromatic nitrogens is 2. The second-order valence-corrected chi connectivity index (χ2v) is 6.02. The lowest BCUT2D eigenvalue weighted by Crippen LogP contribution is -2.53. The van der Waals surface area contributed by atoms with Crippen molar-refractivity contribution in [3.63, 3.8) is 0 Å². The van der Waals surface area contributed by atoms with Crippen LogP contribution in [0, 0.1) is 12.8 Å². The summed E-state index contributed by atoms with van der Waals surface area (Å²) >= 11 is 0. The molecular formula is C14H24N6. The average molecular weight is 276 g/mol. The molecule has 1 aromatic rings. The number of nitrogens with zero attached hydrogens (tertiary/aromatic N) is 4. The van der Waals surface area contributed by atoms with Gasteiger partial charge < -0.3 is 9.80 Å². The number of hydrazine groups is 1. The van der Waals surface area contributed by atoms with Crippen molar-refractivity contribution >= 4 is 11.8 Å². The number of nitrogens with one attached hydrogen (secondary N) is 1. The molecule has 0 aliphatic carbocycles. The first-order valence-electron chi connectivity index (χ1n) is 7.45. The summed E-state index contributed by atoms with van der Waals surface area (Å²) in [5, 5.41) is 0. The van der Waals surface area contributed by atoms with E-state index in [4.69, 9.17) is 5.84 Å². The molecule has 3 rings (SSSR count). The first-order chi connectivity index (χ1) is 9.67. The maximum atomic E-state index is 5.44. The van der Waals surface area contributed by atoms with E-state index in [0.717, 1.165) is 36.6 Å². The van der Waals surface area contributed by atoms with E-state index in [2.05, 4.69) is 32.2 Å². The largest absolute Gasteiger partial charge is 0.356 e. The molecular weight excluding hydrogens is 252 g/mol. The van der Waals surface area contributed by atoms with Gasteiger partial charge in [0.2, 0.25) is 5.95 Å². The summed E-state index contributed by atoms with van der Waals surface area (Å²) in [7, 11) is 2.26. The van der Waals surface area contributed by atoms with Gasteiger partial charge in [0.05, 0.1) is 0 Å². The van der Waals surface area contributed by atoms with Crippen molar-refractivity contribution in [1.29, 1.82) is 0 Å². The molecule has 2 atom stereocenters. The van der Waals surface area contributed by atoms with Crippen molar-refractivity contribution in [3.8, 4) is 0 Å². The number of likely N-dealkylation sites (tertiary alicyclic amines) is 1. The Hall–Kier alpha value is -1.40. The number of piperidine rings is 2. The monoisotopic (exact) mass is 276 g/mol. The SMILES string of the molecule is Cc1cc(N2CCC3C(CCCN3C)C2)nc(NN)n1. The Morgan fingerprint density at radius 1 is 1.30 bits per heavy atom. The number of nitrogen functional groups attached to an aromatic ring is 1. The van der Waals surface area contributed by atoms with E-state index in [9.17, 15) is 0 Å². The standard InChI is InChI=1S/C14H24N6/c1-10-8-13(17-14(16-10)18-15)20-7-5-12-11(9-20)4-3-6-19(12)2/h8,11-12H,3-7,9,15H2,1-2H3,(H,16,17,18). The molecule has 6 nitrogen and oxygen atoms in total. The third-order valence-corrected chi connectivity index (χ3v) is 4.64. The normalized spacial score (nSPS) is 27.2. The maximum Gasteiger partial charge on any atom is 0.239 e. The Kier molecular flexibility index (Phi) is 3.76. The third kappa shape index (κ3) is 2.58. The summed E-state index contributed by atoms with van der Waals surface area (Å²) in [6.45, 7) is 5.38. The summed E-state index contributed by atoms with van der Waals surface area (Å²) in [5.74, 6) is 7.70. The van der Waals surface area contributed by atoms with Gasteiger partial charge in [-0.2, -0.15) is 4.98 Å². The van der Waals surface area contributed by atoms with E-state index in [0.29, 0.717) is 5.95 Å². The Labute approximate surface area is 120 Å². The molecule has 6 heteroatoms. The third-order valence-electron chi connectivity index (χ3n) is 4.64. The minimum absolute atomic E-state index is 0.503. The second kappa shape index (κ2) is 5.54. The summed E-state index contributed by atoms with van der Waals surface area (Å²) in [5.41, 5.74) is 3.50. The molecule has 110 valence electrons. The van der Waals surface area contributed by atoms with Crippen LogP contribution in [0.2, 0.25) is 0 Å². The molecule has 0 saturated carbocycles. The fourth-order valence-corrected chi connectivity index (χ4v) is 3.64. The van der Waals surface area contributed by atoms with Gasteiger partial charge in [-0.1, -0.05) is 0 Å². The molecule has 0 bridgehead atoms. The highest BCUT2D eigenvalue weighted by molar-refractivity contribution is 5.45. The van der Waals surface area contributed by atoms with Gasteiger partial charge >= 0.3 is 0 Å². The minimum Gasteiger partial charge on any atom is -0.356 e. The van der Waals surface area contributed by atoms with Crippen LogP contribution in [-0.2, 0) is 0 Å². The molecule has 2 unspecified atom stereocenters. The molecule has 0 spiro atoms. The van der Waals surface area contributed by atoms with Gasteiger partial charge in [-0.05, 0) is 45.7 Å². The second-order valence-electron chi connectivity index (χ2n) is 6.02. The number of anilines is 2. The van der Waals surface area contributed by atoms with Crippen LogP contribution in [0.4, 0.5) is 11.8 Å². The van der Waals surface area contributed by atoms with Crippen molar-refractivity contribution in [3.05, 3.63) is 11.8 Å². The van der Waals surface area contributed by atoms with Crippen LogP contribution in [0.5, 0.6) is 0 Å². The van der Waals surface area contributed by atoms with Crippen molar-refractivity contribution in [1.82, 2.24) is 14.9 Å². The first-order valence-corrected chi connectivity index (χ1v) is 7.45. The molecule has 1 aromatic heterocycles. The van der Waals surface area contributed by atoms with Gasteiger partial charge in [-0.15, -0.1) is 0 Å². The Balaban J connectivity index is 1.77. The lowest BCUT2D eigenvalue weighted by atomic mass is 9.84. The van der Waals surface area contributed by atoms with Crippen LogP contribution in [0.1, 0.15) is 25.0 Å². The molecule has 2 aliphatic heterocycles. The van der Waals surface area contributed by atoms with Gasteiger partial charge in [0.25, 0.3) is 0 Å². The quantitative estimate of drug-likeness (QED) is 0.620. The minimum atomic E-state index is 0.503. The average Bonchev–Trinajstić information content (AvgIpc) is 2.46. The molecule has 3 N–H and O–H groups in total. The van der Waals surface area contributed by atoms with Crippen molar-refractivity contribution in [2.45, 2.75) is 32.2 Å². The molecule has 2 fully saturated rings. The summed E-state index contributed by atoms with van der Waals surface area (Å²) < 4.78 is 0. The first kappa shape index (κ1) is 13.6. The predicted molar refractivity (Wildman–Crippen MR) is 80.6 cm³/mol. The molecule has 2 aliphatic rings. The van der Waals surface area contributed by atoms with Gasteiger partial charge in [-0.25, -0.2) is 10.8 Å². The van der Waals surface area contributed by atoms with Gasteiger partial charge in [-0.3, -0.25) is 5.43 Å². The fourth-order valence-electron chi connectivity index (χ4n) is 3.64. The van der Waals surface area contributed by atoms with E-state index < -0.39 is 0 Å². The number of hydrogen-bond acceptors (Lipinski definition) is 6. The molecule has 20 heavy (non-hydrogen) atoms. The van der Waals surface area contributed by atoms with Crippen LogP contribution >= 0.6 is 0 Å². The lowest BCUT2D eigenvalue weighted by molar-refractivity contribution is 0.102. The number of rotatable bonds is 2. The van der Waals surface area contributed by atoms with Crippen molar-refractivity contribution < 1.29 is 0 Å². The number of aryl methyl sites for hydroxylation is 1. The summed E-state index contributed by atoms with van der Waals surface area (Å²) in [4.78, 5) is 13.7. The Morgan fingerprint density at radius 3 is 2.95 bits per heavy atom. The number of hydrogen-bond donors (Lipinski definition) is 2. The van der Waals surface area contributed by atoms with Crippen molar-refractivity contribution in [2.24, 2.45) is 11.8 Å². The Bertz CT molecular complexity index is 477. The van der Waals surface area contributed by atoms with Gasteiger partial charge in [0.1, 0.15) is 5.82 Å². The zero-order valence-corrected chi connectivity index (χ0v) is 12.3. The highest BCUT2D eigenvalue weighted by atomic mass is 15.3. The number of fused-ring (bicyclic) bond motifs is 1. The van der Waals surface area contributed by atoms with Crippen LogP contribution in [0.3, 0.4) is 0 Å².